The van der Waals surface area contributed by atoms with Crippen LogP contribution in [0.3, 0.4) is 0 Å². The standard InChI is InChI=1S/C21H21N3O4/c1-14(11-15(2)25)23-21(17-5-4-6-18(12-17)24(26)27)13-20(22-23)16-7-9-19(28-3)10-8-16/h4-13,21-22H,1-3H3/b14-11+/t21-/m0/s1. The fourth-order valence-electron chi connectivity index (χ4n) is 3.14. The second-order valence-electron chi connectivity index (χ2n) is 6.48. The predicted molar refractivity (Wildman–Crippen MR) is 106 cm³/mol. The average Bonchev–Trinajstić information content (AvgIpc) is 3.13. The number of nitrogens with zero attached hydrogens (tertiary/aromatic N) is 2. The van der Waals surface area contributed by atoms with Crippen molar-refractivity contribution in [1.29, 1.82) is 0 Å². The van der Waals surface area contributed by atoms with Crippen molar-refractivity contribution in [2.24, 2.45) is 0 Å². The van der Waals surface area contributed by atoms with E-state index in [4.69, 9.17) is 4.74 Å². The molecule has 0 unspecified atom stereocenters. The van der Waals surface area contributed by atoms with Crippen molar-refractivity contribution in [3.05, 3.63) is 87.6 Å². The van der Waals surface area contributed by atoms with E-state index in [0.29, 0.717) is 5.70 Å². The van der Waals surface area contributed by atoms with Crippen LogP contribution in [0.4, 0.5) is 5.69 Å². The monoisotopic (exact) mass is 379 g/mol. The molecule has 0 aromatic heterocycles. The maximum absolute atomic E-state index is 11.6. The van der Waals surface area contributed by atoms with Gasteiger partial charge < -0.3 is 4.74 Å². The minimum Gasteiger partial charge on any atom is -0.497 e. The lowest BCUT2D eigenvalue weighted by Gasteiger charge is -2.28. The summed E-state index contributed by atoms with van der Waals surface area (Å²) < 4.78 is 5.20. The van der Waals surface area contributed by atoms with Crippen molar-refractivity contribution >= 4 is 17.2 Å². The van der Waals surface area contributed by atoms with Gasteiger partial charge in [-0.15, -0.1) is 0 Å². The van der Waals surface area contributed by atoms with Crippen LogP contribution in [0.25, 0.3) is 5.70 Å². The molecule has 1 atom stereocenters. The zero-order valence-corrected chi connectivity index (χ0v) is 15.9. The highest BCUT2D eigenvalue weighted by Crippen LogP contribution is 2.35. The first-order valence-corrected chi connectivity index (χ1v) is 8.74. The minimum atomic E-state index is -0.414. The molecular formula is C21H21N3O4. The molecule has 0 aliphatic carbocycles. The van der Waals surface area contributed by atoms with Crippen molar-refractivity contribution in [3.8, 4) is 5.75 Å². The smallest absolute Gasteiger partial charge is 0.269 e. The van der Waals surface area contributed by atoms with Crippen molar-refractivity contribution in [1.82, 2.24) is 10.4 Å². The van der Waals surface area contributed by atoms with Gasteiger partial charge in [0.05, 0.1) is 23.8 Å². The van der Waals surface area contributed by atoms with E-state index in [1.807, 2.05) is 48.3 Å². The third-order valence-electron chi connectivity index (χ3n) is 4.46. The molecule has 0 bridgehead atoms. The number of hydrogen-bond donors (Lipinski definition) is 1. The van der Waals surface area contributed by atoms with Crippen LogP contribution in [-0.2, 0) is 4.79 Å². The number of nitrogens with one attached hydrogen (secondary N) is 1. The topological polar surface area (TPSA) is 84.7 Å². The molecule has 0 saturated heterocycles. The zero-order valence-electron chi connectivity index (χ0n) is 15.9. The van der Waals surface area contributed by atoms with E-state index in [9.17, 15) is 14.9 Å². The van der Waals surface area contributed by atoms with Crippen LogP contribution in [0.5, 0.6) is 5.75 Å². The molecule has 0 spiro atoms. The lowest BCUT2D eigenvalue weighted by Crippen LogP contribution is -2.32. The van der Waals surface area contributed by atoms with Gasteiger partial charge in [0, 0.05) is 23.9 Å². The van der Waals surface area contributed by atoms with E-state index in [-0.39, 0.29) is 17.5 Å². The number of methoxy groups -OCH3 is 1. The first kappa shape index (κ1) is 19.2. The molecule has 1 N–H and O–H groups in total. The molecule has 0 fully saturated rings. The molecule has 0 radical (unpaired) electrons. The zero-order chi connectivity index (χ0) is 20.3. The van der Waals surface area contributed by atoms with Gasteiger partial charge in [-0.2, -0.15) is 0 Å². The van der Waals surface area contributed by atoms with Gasteiger partial charge in [-0.3, -0.25) is 25.3 Å². The number of ether oxygens (including phenoxy) is 1. The van der Waals surface area contributed by atoms with Crippen LogP contribution in [0.15, 0.2) is 66.4 Å². The Morgan fingerprint density at radius 1 is 1.21 bits per heavy atom. The SMILES string of the molecule is COc1ccc(C2=C[C@@H](c3cccc([N+](=O)[O-])c3)N(/C(C)=C/C(C)=O)N2)cc1. The van der Waals surface area contributed by atoms with Crippen molar-refractivity contribution < 1.29 is 14.5 Å². The Balaban J connectivity index is 2.02. The molecule has 7 nitrogen and oxygen atoms in total. The average molecular weight is 379 g/mol. The Morgan fingerprint density at radius 3 is 2.54 bits per heavy atom. The summed E-state index contributed by atoms with van der Waals surface area (Å²) in [5, 5.41) is 13.0. The number of carbonyl (C=O) groups is 1. The number of benzene rings is 2. The van der Waals surface area contributed by atoms with Gasteiger partial charge in [0.1, 0.15) is 5.75 Å². The van der Waals surface area contributed by atoms with E-state index >= 15 is 0 Å². The second-order valence-corrected chi connectivity index (χ2v) is 6.48. The van der Waals surface area contributed by atoms with Crippen molar-refractivity contribution in [2.45, 2.75) is 19.9 Å². The van der Waals surface area contributed by atoms with Gasteiger partial charge in [-0.05, 0) is 55.3 Å². The maximum atomic E-state index is 11.6. The summed E-state index contributed by atoms with van der Waals surface area (Å²) >= 11 is 0. The fourth-order valence-corrected chi connectivity index (χ4v) is 3.14. The van der Waals surface area contributed by atoms with Gasteiger partial charge >= 0.3 is 0 Å². The van der Waals surface area contributed by atoms with Crippen LogP contribution >= 0.6 is 0 Å². The van der Waals surface area contributed by atoms with Gasteiger partial charge in [0.15, 0.2) is 5.78 Å². The Bertz CT molecular complexity index is 964. The molecular weight excluding hydrogens is 358 g/mol. The van der Waals surface area contributed by atoms with Crippen LogP contribution in [0.2, 0.25) is 0 Å². The highest BCUT2D eigenvalue weighted by molar-refractivity contribution is 5.87. The van der Waals surface area contributed by atoms with E-state index in [1.54, 1.807) is 19.2 Å². The van der Waals surface area contributed by atoms with Gasteiger partial charge in [0.25, 0.3) is 5.69 Å². The predicted octanol–water partition coefficient (Wildman–Crippen LogP) is 4.00. The summed E-state index contributed by atoms with van der Waals surface area (Å²) in [5.41, 5.74) is 6.58. The normalized spacial score (nSPS) is 16.4. The van der Waals surface area contributed by atoms with Gasteiger partial charge in [0.2, 0.25) is 0 Å². The van der Waals surface area contributed by atoms with E-state index in [0.717, 1.165) is 22.6 Å². The molecule has 0 saturated carbocycles. The molecule has 1 aliphatic rings. The highest BCUT2D eigenvalue weighted by Gasteiger charge is 2.28. The van der Waals surface area contributed by atoms with Crippen molar-refractivity contribution in [2.75, 3.05) is 7.11 Å². The van der Waals surface area contributed by atoms with Crippen LogP contribution in [-0.4, -0.2) is 22.8 Å². The first-order chi connectivity index (χ1) is 13.4. The third kappa shape index (κ3) is 4.03. The van der Waals surface area contributed by atoms with Crippen LogP contribution in [0, 0.1) is 10.1 Å². The summed E-state index contributed by atoms with van der Waals surface area (Å²) in [5.74, 6) is 0.678. The number of ketones is 1. The Kier molecular flexibility index (Phi) is 5.44. The number of carbonyl (C=O) groups excluding carboxylic acids is 1. The molecule has 1 aliphatic heterocycles. The lowest BCUT2D eigenvalue weighted by molar-refractivity contribution is -0.384. The van der Waals surface area contributed by atoms with E-state index in [1.165, 1.54) is 19.1 Å². The van der Waals surface area contributed by atoms with E-state index < -0.39 is 4.92 Å². The van der Waals surface area contributed by atoms with Gasteiger partial charge in [-0.25, -0.2) is 0 Å². The maximum Gasteiger partial charge on any atom is 0.269 e. The number of hydrogen-bond acceptors (Lipinski definition) is 6. The largest absolute Gasteiger partial charge is 0.497 e. The highest BCUT2D eigenvalue weighted by atomic mass is 16.6. The summed E-state index contributed by atoms with van der Waals surface area (Å²) in [7, 11) is 1.61. The van der Waals surface area contributed by atoms with Gasteiger partial charge in [-0.1, -0.05) is 12.1 Å². The summed E-state index contributed by atoms with van der Waals surface area (Å²) in [6.45, 7) is 3.31. The number of hydrazine groups is 1. The van der Waals surface area contributed by atoms with Crippen LogP contribution < -0.4 is 10.2 Å². The number of non-ortho nitro benzene ring substituents is 1. The fraction of sp³-hybridized carbons (Fsp3) is 0.190. The summed E-state index contributed by atoms with van der Waals surface area (Å²) in [4.78, 5) is 22.3. The van der Waals surface area contributed by atoms with Crippen LogP contribution in [0.1, 0.15) is 31.0 Å². The molecule has 28 heavy (non-hydrogen) atoms. The van der Waals surface area contributed by atoms with Crippen molar-refractivity contribution in [3.63, 3.8) is 0 Å². The third-order valence-corrected chi connectivity index (χ3v) is 4.46. The number of nitro groups is 1. The molecule has 0 amide bonds. The molecule has 3 rings (SSSR count). The lowest BCUT2D eigenvalue weighted by atomic mass is 10.0. The van der Waals surface area contributed by atoms with E-state index in [2.05, 4.69) is 5.43 Å². The molecule has 144 valence electrons. The summed E-state index contributed by atoms with van der Waals surface area (Å²) in [6, 6.07) is 13.8. The molecule has 2 aromatic carbocycles. The molecule has 7 heteroatoms. The number of nitro benzene ring substituents is 1. The minimum absolute atomic E-state index is 0.0250. The Morgan fingerprint density at radius 2 is 1.93 bits per heavy atom. The Hall–Kier alpha value is -3.61. The second kappa shape index (κ2) is 7.96. The first-order valence-electron chi connectivity index (χ1n) is 8.74. The quantitative estimate of drug-likeness (QED) is 0.464. The molecule has 1 heterocycles. The molecule has 2 aromatic rings. The number of rotatable bonds is 6. The summed E-state index contributed by atoms with van der Waals surface area (Å²) in [6.07, 6.45) is 3.51. The Labute approximate surface area is 163 Å². The number of allylic oxidation sites excluding steroid dienone is 2.